The monoisotopic (exact) mass is 462 g/mol. The quantitative estimate of drug-likeness (QED) is 0.525. The Kier molecular flexibility index (Phi) is 5.62. The summed E-state index contributed by atoms with van der Waals surface area (Å²) in [7, 11) is -3.22. The van der Waals surface area contributed by atoms with Gasteiger partial charge in [-0.25, -0.2) is 23.2 Å². The second-order valence-electron chi connectivity index (χ2n) is 7.43. The molecule has 0 saturated heterocycles. The predicted molar refractivity (Wildman–Crippen MR) is 119 cm³/mol. The maximum Gasteiger partial charge on any atom is 0.326 e. The van der Waals surface area contributed by atoms with Crippen molar-refractivity contribution in [1.82, 2.24) is 24.7 Å². The Morgan fingerprint density at radius 1 is 1.29 bits per heavy atom. The normalized spacial score (nSPS) is 15.9. The van der Waals surface area contributed by atoms with Crippen molar-refractivity contribution in [3.05, 3.63) is 29.4 Å². The summed E-state index contributed by atoms with van der Waals surface area (Å²) in [6.45, 7) is 4.03. The second-order valence-corrected chi connectivity index (χ2v) is 10.7. The van der Waals surface area contributed by atoms with Crippen LogP contribution >= 0.6 is 11.3 Å². The predicted octanol–water partition coefficient (Wildman–Crippen LogP) is 2.75. The number of nitrogens with one attached hydrogen (secondary N) is 3. The van der Waals surface area contributed by atoms with Gasteiger partial charge in [-0.1, -0.05) is 17.4 Å². The van der Waals surface area contributed by atoms with Crippen LogP contribution in [0, 0.1) is 0 Å². The Bertz CT molecular complexity index is 1220. The third-order valence-corrected chi connectivity index (χ3v) is 7.13. The molecule has 0 aromatic carbocycles. The van der Waals surface area contributed by atoms with Crippen LogP contribution in [0.5, 0.6) is 0 Å². The number of pyridine rings is 1. The van der Waals surface area contributed by atoms with E-state index in [2.05, 4.69) is 36.1 Å². The van der Waals surface area contributed by atoms with E-state index in [0.29, 0.717) is 41.1 Å². The summed E-state index contributed by atoms with van der Waals surface area (Å²) in [4.78, 5) is 22.1. The van der Waals surface area contributed by atoms with Crippen LogP contribution in [0.3, 0.4) is 0 Å². The number of urea groups is 1. The lowest BCUT2D eigenvalue weighted by Crippen LogP contribution is -2.32. The molecule has 4 rings (SSSR count). The summed E-state index contributed by atoms with van der Waals surface area (Å²) >= 11 is 1.31. The van der Waals surface area contributed by atoms with E-state index in [1.54, 1.807) is 24.5 Å². The Labute approximate surface area is 183 Å². The van der Waals surface area contributed by atoms with Gasteiger partial charge >= 0.3 is 6.03 Å². The molecule has 0 spiro atoms. The molecule has 1 aliphatic heterocycles. The lowest BCUT2D eigenvalue weighted by molar-refractivity contribution is 0.262. The largest absolute Gasteiger partial charge is 0.353 e. The number of fused-ring (bicyclic) bond motifs is 1. The Morgan fingerprint density at radius 3 is 2.84 bits per heavy atom. The lowest BCUT2D eigenvalue weighted by Gasteiger charge is -2.21. The third kappa shape index (κ3) is 4.66. The number of rotatable bonds is 5. The van der Waals surface area contributed by atoms with E-state index in [0.717, 1.165) is 4.88 Å². The van der Waals surface area contributed by atoms with E-state index in [-0.39, 0.29) is 6.04 Å². The molecule has 0 saturated carbocycles. The Hall–Kier alpha value is -3.06. The van der Waals surface area contributed by atoms with Crippen molar-refractivity contribution in [2.45, 2.75) is 38.1 Å². The highest BCUT2D eigenvalue weighted by Crippen LogP contribution is 2.33. The van der Waals surface area contributed by atoms with Gasteiger partial charge in [-0.3, -0.25) is 10.6 Å². The molecular weight excluding hydrogens is 440 g/mol. The molecule has 13 heteroatoms. The van der Waals surface area contributed by atoms with Gasteiger partial charge in [0.2, 0.25) is 0 Å². The van der Waals surface area contributed by atoms with Crippen molar-refractivity contribution < 1.29 is 13.2 Å². The molecule has 3 N–H and O–H groups in total. The topological polar surface area (TPSA) is 144 Å². The number of sulfone groups is 1. The molecule has 1 unspecified atom stereocenters. The van der Waals surface area contributed by atoms with Crippen LogP contribution < -0.4 is 16.0 Å². The molecule has 3 aromatic heterocycles. The Morgan fingerprint density at radius 2 is 2.10 bits per heavy atom. The number of amides is 2. The minimum Gasteiger partial charge on any atom is -0.353 e. The van der Waals surface area contributed by atoms with Gasteiger partial charge in [-0.15, -0.1) is 10.2 Å². The highest BCUT2D eigenvalue weighted by Gasteiger charge is 2.28. The first-order valence-corrected chi connectivity index (χ1v) is 12.4. The first-order valence-electron chi connectivity index (χ1n) is 9.61. The molecule has 1 aliphatic rings. The van der Waals surface area contributed by atoms with Gasteiger partial charge in [0.15, 0.2) is 20.8 Å². The van der Waals surface area contributed by atoms with Gasteiger partial charge in [0, 0.05) is 12.3 Å². The fourth-order valence-corrected chi connectivity index (χ4v) is 4.98. The molecule has 0 radical (unpaired) electrons. The van der Waals surface area contributed by atoms with Gasteiger partial charge in [0.1, 0.15) is 29.0 Å². The standard InChI is InChI=1S/C18H22N8O3S2/c1-10(2)26-9-19-25-16(26)11-5-4-6-13(20-11)21-17(27)24-18-23-15-12(30-18)7-8-14(22-15)31(3,28)29/h4-6,9-10,14,22H,7-8H2,1-3H3,(H2,20,21,23,24,27). The van der Waals surface area contributed by atoms with E-state index in [9.17, 15) is 13.2 Å². The van der Waals surface area contributed by atoms with E-state index < -0.39 is 21.2 Å². The Balaban J connectivity index is 1.45. The molecule has 0 aliphatic carbocycles. The van der Waals surface area contributed by atoms with Crippen molar-refractivity contribution in [3.63, 3.8) is 0 Å². The van der Waals surface area contributed by atoms with Gasteiger partial charge < -0.3 is 9.88 Å². The highest BCUT2D eigenvalue weighted by molar-refractivity contribution is 7.91. The minimum atomic E-state index is -3.22. The van der Waals surface area contributed by atoms with E-state index in [1.165, 1.54) is 17.6 Å². The molecule has 11 nitrogen and oxygen atoms in total. The zero-order valence-electron chi connectivity index (χ0n) is 17.2. The van der Waals surface area contributed by atoms with E-state index in [4.69, 9.17) is 0 Å². The number of aryl methyl sites for hydroxylation is 1. The molecule has 0 fully saturated rings. The molecule has 2 amide bonds. The lowest BCUT2D eigenvalue weighted by atomic mass is 10.2. The van der Waals surface area contributed by atoms with Crippen molar-refractivity contribution in [2.24, 2.45) is 0 Å². The van der Waals surface area contributed by atoms with Crippen molar-refractivity contribution in [3.8, 4) is 11.5 Å². The van der Waals surface area contributed by atoms with Crippen LogP contribution in [0.25, 0.3) is 11.5 Å². The van der Waals surface area contributed by atoms with Crippen LogP contribution in [0.1, 0.15) is 31.2 Å². The molecular formula is C18H22N8O3S2. The fourth-order valence-electron chi connectivity index (χ4n) is 3.17. The highest BCUT2D eigenvalue weighted by atomic mass is 32.2. The van der Waals surface area contributed by atoms with Crippen molar-refractivity contribution in [1.29, 1.82) is 0 Å². The van der Waals surface area contributed by atoms with Crippen LogP contribution in [-0.2, 0) is 16.3 Å². The summed E-state index contributed by atoms with van der Waals surface area (Å²) in [6, 6.07) is 4.91. The second kappa shape index (κ2) is 8.23. The average molecular weight is 463 g/mol. The third-order valence-electron chi connectivity index (χ3n) is 4.72. The molecule has 0 bridgehead atoms. The fraction of sp³-hybridized carbons (Fsp3) is 0.389. The van der Waals surface area contributed by atoms with E-state index >= 15 is 0 Å². The molecule has 1 atom stereocenters. The molecule has 4 heterocycles. The number of carbonyl (C=O) groups excluding carboxylic acids is 1. The van der Waals surface area contributed by atoms with Crippen LogP contribution in [0.2, 0.25) is 0 Å². The summed E-state index contributed by atoms with van der Waals surface area (Å²) < 4.78 is 25.4. The van der Waals surface area contributed by atoms with Gasteiger partial charge in [-0.2, -0.15) is 0 Å². The van der Waals surface area contributed by atoms with Crippen LogP contribution in [0.4, 0.5) is 21.6 Å². The maximum atomic E-state index is 12.4. The SMILES string of the molecule is CC(C)n1cnnc1-c1cccc(NC(=O)Nc2nc3c(s2)CCC(S(C)(=O)=O)N3)n1. The van der Waals surface area contributed by atoms with Crippen molar-refractivity contribution in [2.75, 3.05) is 22.2 Å². The maximum absolute atomic E-state index is 12.4. The smallest absolute Gasteiger partial charge is 0.326 e. The van der Waals surface area contributed by atoms with Crippen LogP contribution in [0.15, 0.2) is 24.5 Å². The van der Waals surface area contributed by atoms with E-state index in [1.807, 2.05) is 18.4 Å². The first-order chi connectivity index (χ1) is 14.7. The van der Waals surface area contributed by atoms with Gasteiger partial charge in [0.25, 0.3) is 0 Å². The zero-order valence-corrected chi connectivity index (χ0v) is 18.8. The van der Waals surface area contributed by atoms with Gasteiger partial charge in [-0.05, 0) is 38.8 Å². The summed E-state index contributed by atoms with van der Waals surface area (Å²) in [5.74, 6) is 1.46. The number of hydrogen-bond donors (Lipinski definition) is 3. The minimum absolute atomic E-state index is 0.165. The van der Waals surface area contributed by atoms with Gasteiger partial charge in [0.05, 0.1) is 4.88 Å². The summed E-state index contributed by atoms with van der Waals surface area (Å²) in [6.07, 6.45) is 3.89. The number of aromatic nitrogens is 5. The number of anilines is 3. The zero-order chi connectivity index (χ0) is 22.2. The average Bonchev–Trinajstić information content (AvgIpc) is 3.33. The number of hydrogen-bond acceptors (Lipinski definition) is 9. The molecule has 3 aromatic rings. The number of thiazole rings is 1. The van der Waals surface area contributed by atoms with Crippen molar-refractivity contribution >= 4 is 44.0 Å². The first kappa shape index (κ1) is 21.2. The summed E-state index contributed by atoms with van der Waals surface area (Å²) in [5, 5.41) is 16.1. The van der Waals surface area contributed by atoms with Crippen LogP contribution in [-0.4, -0.2) is 50.8 Å². The molecule has 164 valence electrons. The number of carbonyl (C=O) groups is 1. The summed E-state index contributed by atoms with van der Waals surface area (Å²) in [5.41, 5.74) is 0.588. The molecule has 31 heavy (non-hydrogen) atoms. The number of nitrogens with zero attached hydrogens (tertiary/aromatic N) is 5.